The molecule has 0 radical (unpaired) electrons. The van der Waals surface area contributed by atoms with Crippen LogP contribution in [0, 0.1) is 6.92 Å². The fraction of sp³-hybridized carbons (Fsp3) is 0.300. The van der Waals surface area contributed by atoms with Crippen molar-refractivity contribution in [3.63, 3.8) is 0 Å². The number of fused-ring (bicyclic) bond motifs is 1. The summed E-state index contributed by atoms with van der Waals surface area (Å²) < 4.78 is 0. The van der Waals surface area contributed by atoms with Crippen LogP contribution in [-0.4, -0.2) is 31.1 Å². The van der Waals surface area contributed by atoms with Gasteiger partial charge in [0.2, 0.25) is 0 Å². The van der Waals surface area contributed by atoms with Crippen molar-refractivity contribution in [1.82, 2.24) is 10.2 Å². The molecule has 2 heterocycles. The van der Waals surface area contributed by atoms with E-state index in [0.29, 0.717) is 6.04 Å². The highest BCUT2D eigenvalue weighted by Crippen LogP contribution is 2.36. The number of hydrogen-bond donors (Lipinski definition) is 1. The molecule has 2 aromatic carbocycles. The van der Waals surface area contributed by atoms with E-state index in [9.17, 15) is 0 Å². The molecular formula is C20H22N2S. The Labute approximate surface area is 141 Å². The predicted octanol–water partition coefficient (Wildman–Crippen LogP) is 4.20. The lowest BCUT2D eigenvalue weighted by Gasteiger charge is -2.35. The average molecular weight is 322 g/mol. The average Bonchev–Trinajstić information content (AvgIpc) is 3.13. The molecule has 0 aliphatic carbocycles. The molecule has 1 atom stereocenters. The number of nitrogens with zero attached hydrogens (tertiary/aromatic N) is 1. The second-order valence-corrected chi connectivity index (χ2v) is 7.20. The molecule has 1 saturated heterocycles. The lowest BCUT2D eigenvalue weighted by Crippen LogP contribution is -2.45. The van der Waals surface area contributed by atoms with E-state index in [1.165, 1.54) is 26.8 Å². The summed E-state index contributed by atoms with van der Waals surface area (Å²) in [5.74, 6) is 0. The summed E-state index contributed by atoms with van der Waals surface area (Å²) >= 11 is 1.87. The fourth-order valence-corrected chi connectivity index (χ4v) is 4.50. The Morgan fingerprint density at radius 2 is 1.74 bits per heavy atom. The van der Waals surface area contributed by atoms with Crippen LogP contribution in [0.3, 0.4) is 0 Å². The molecule has 4 rings (SSSR count). The minimum atomic E-state index is 0.364. The molecule has 0 spiro atoms. The Morgan fingerprint density at radius 3 is 2.48 bits per heavy atom. The first-order valence-corrected chi connectivity index (χ1v) is 9.19. The van der Waals surface area contributed by atoms with Gasteiger partial charge in [-0.2, -0.15) is 0 Å². The number of hydrogen-bond acceptors (Lipinski definition) is 3. The highest BCUT2D eigenvalue weighted by atomic mass is 32.1. The summed E-state index contributed by atoms with van der Waals surface area (Å²) in [6.07, 6.45) is 0. The molecule has 3 heteroatoms. The molecule has 0 unspecified atom stereocenters. The maximum atomic E-state index is 3.47. The third-order valence-electron chi connectivity index (χ3n) is 4.80. The normalized spacial score (nSPS) is 17.4. The Bertz CT molecular complexity index is 789. The molecule has 3 aromatic rings. The van der Waals surface area contributed by atoms with Crippen molar-refractivity contribution in [2.75, 3.05) is 26.2 Å². The zero-order valence-corrected chi connectivity index (χ0v) is 14.3. The molecule has 1 fully saturated rings. The first kappa shape index (κ1) is 14.9. The van der Waals surface area contributed by atoms with Crippen LogP contribution in [0.5, 0.6) is 0 Å². The van der Waals surface area contributed by atoms with Gasteiger partial charge in [0.1, 0.15) is 0 Å². The zero-order chi connectivity index (χ0) is 15.6. The van der Waals surface area contributed by atoms with Crippen molar-refractivity contribution in [1.29, 1.82) is 0 Å². The van der Waals surface area contributed by atoms with Gasteiger partial charge in [0.25, 0.3) is 0 Å². The first-order valence-electron chi connectivity index (χ1n) is 8.31. The predicted molar refractivity (Wildman–Crippen MR) is 99.3 cm³/mol. The number of rotatable bonds is 3. The fourth-order valence-electron chi connectivity index (χ4n) is 3.63. The Morgan fingerprint density at radius 1 is 0.957 bits per heavy atom. The number of benzene rings is 2. The van der Waals surface area contributed by atoms with Crippen LogP contribution >= 0.6 is 11.3 Å². The minimum Gasteiger partial charge on any atom is -0.314 e. The van der Waals surface area contributed by atoms with Crippen LogP contribution in [0.25, 0.3) is 10.8 Å². The number of piperazine rings is 1. The van der Waals surface area contributed by atoms with Crippen LogP contribution in [0.15, 0.2) is 53.9 Å². The topological polar surface area (TPSA) is 15.3 Å². The van der Waals surface area contributed by atoms with Crippen LogP contribution in [0.4, 0.5) is 0 Å². The smallest absolute Gasteiger partial charge is 0.0702 e. The van der Waals surface area contributed by atoms with Gasteiger partial charge in [0, 0.05) is 31.1 Å². The third kappa shape index (κ3) is 2.80. The summed E-state index contributed by atoms with van der Waals surface area (Å²) in [6, 6.07) is 18.3. The molecule has 2 nitrogen and oxygen atoms in total. The van der Waals surface area contributed by atoms with Crippen LogP contribution < -0.4 is 5.32 Å². The quantitative estimate of drug-likeness (QED) is 0.777. The summed E-state index contributed by atoms with van der Waals surface area (Å²) in [5, 5.41) is 8.44. The van der Waals surface area contributed by atoms with Crippen molar-refractivity contribution in [3.05, 3.63) is 69.9 Å². The summed E-state index contributed by atoms with van der Waals surface area (Å²) in [4.78, 5) is 4.07. The molecule has 0 bridgehead atoms. The van der Waals surface area contributed by atoms with Crippen molar-refractivity contribution < 1.29 is 0 Å². The van der Waals surface area contributed by atoms with Gasteiger partial charge in [0.05, 0.1) is 6.04 Å². The summed E-state index contributed by atoms with van der Waals surface area (Å²) in [5.41, 5.74) is 2.80. The monoisotopic (exact) mass is 322 g/mol. The Kier molecular flexibility index (Phi) is 4.17. The third-order valence-corrected chi connectivity index (χ3v) is 5.72. The SMILES string of the molecule is Cc1ccc([C@@H](c2cccs2)N2CCNCC2)c2ccccc12. The lowest BCUT2D eigenvalue weighted by molar-refractivity contribution is 0.201. The second kappa shape index (κ2) is 6.44. The van der Waals surface area contributed by atoms with Gasteiger partial charge in [0.15, 0.2) is 0 Å². The van der Waals surface area contributed by atoms with Crippen LogP contribution in [0.2, 0.25) is 0 Å². The summed E-state index contributed by atoms with van der Waals surface area (Å²) in [7, 11) is 0. The standard InChI is InChI=1S/C20H22N2S/c1-15-8-9-18(17-6-3-2-5-16(15)17)20(19-7-4-14-23-19)22-12-10-21-11-13-22/h2-9,14,20-21H,10-13H2,1H3/t20-/m0/s1. The minimum absolute atomic E-state index is 0.364. The van der Waals surface area contributed by atoms with Crippen molar-refractivity contribution >= 4 is 22.1 Å². The van der Waals surface area contributed by atoms with E-state index in [1.54, 1.807) is 0 Å². The van der Waals surface area contributed by atoms with Gasteiger partial charge in [-0.25, -0.2) is 0 Å². The van der Waals surface area contributed by atoms with E-state index in [1.807, 2.05) is 11.3 Å². The van der Waals surface area contributed by atoms with Gasteiger partial charge in [-0.05, 0) is 40.3 Å². The van der Waals surface area contributed by atoms with Crippen molar-refractivity contribution in [3.8, 4) is 0 Å². The lowest BCUT2D eigenvalue weighted by atomic mass is 9.94. The molecule has 1 aromatic heterocycles. The second-order valence-electron chi connectivity index (χ2n) is 6.22. The summed E-state index contributed by atoms with van der Waals surface area (Å²) in [6.45, 7) is 6.56. The first-order chi connectivity index (χ1) is 11.3. The van der Waals surface area contributed by atoms with Crippen molar-refractivity contribution in [2.24, 2.45) is 0 Å². The molecule has 23 heavy (non-hydrogen) atoms. The van der Waals surface area contributed by atoms with E-state index >= 15 is 0 Å². The molecule has 1 aliphatic heterocycles. The van der Waals surface area contributed by atoms with E-state index in [4.69, 9.17) is 0 Å². The molecule has 1 aliphatic rings. The Balaban J connectivity index is 1.88. The molecule has 118 valence electrons. The van der Waals surface area contributed by atoms with Gasteiger partial charge in [-0.15, -0.1) is 11.3 Å². The Hall–Kier alpha value is -1.68. The van der Waals surface area contributed by atoms with E-state index in [2.05, 4.69) is 71.1 Å². The maximum absolute atomic E-state index is 3.47. The molecular weight excluding hydrogens is 300 g/mol. The van der Waals surface area contributed by atoms with Gasteiger partial charge < -0.3 is 5.32 Å². The van der Waals surface area contributed by atoms with Gasteiger partial charge in [-0.3, -0.25) is 4.90 Å². The van der Waals surface area contributed by atoms with Crippen molar-refractivity contribution in [2.45, 2.75) is 13.0 Å². The van der Waals surface area contributed by atoms with Crippen LogP contribution in [0.1, 0.15) is 22.0 Å². The number of aryl methyl sites for hydroxylation is 1. The largest absolute Gasteiger partial charge is 0.314 e. The zero-order valence-electron chi connectivity index (χ0n) is 13.5. The molecule has 0 amide bonds. The molecule has 0 saturated carbocycles. The van der Waals surface area contributed by atoms with Crippen LogP contribution in [-0.2, 0) is 0 Å². The highest BCUT2D eigenvalue weighted by Gasteiger charge is 2.26. The van der Waals surface area contributed by atoms with E-state index in [-0.39, 0.29) is 0 Å². The van der Waals surface area contributed by atoms with Gasteiger partial charge >= 0.3 is 0 Å². The van der Waals surface area contributed by atoms with E-state index < -0.39 is 0 Å². The maximum Gasteiger partial charge on any atom is 0.0702 e. The van der Waals surface area contributed by atoms with E-state index in [0.717, 1.165) is 26.2 Å². The highest BCUT2D eigenvalue weighted by molar-refractivity contribution is 7.10. The number of thiophene rings is 1. The molecule has 1 N–H and O–H groups in total. The number of nitrogens with one attached hydrogen (secondary N) is 1. The van der Waals surface area contributed by atoms with Gasteiger partial charge in [-0.1, -0.05) is 42.5 Å².